The molecule has 0 spiro atoms. The molecule has 3 saturated heterocycles. The predicted octanol–water partition coefficient (Wildman–Crippen LogP) is 0.864. The van der Waals surface area contributed by atoms with Crippen molar-refractivity contribution in [3.05, 3.63) is 0 Å². The van der Waals surface area contributed by atoms with E-state index in [0.717, 1.165) is 26.4 Å². The molecule has 1 N–H and O–H groups in total. The van der Waals surface area contributed by atoms with Gasteiger partial charge in [0.2, 0.25) is 0 Å². The standard InChI is InChI=1S/C14H26N2O2/c1-15-14(11-4-7-17-8-5-11)13-9-16-6-2-3-12(16)10-18-13/h11-15H,2-10H2,1H3. The quantitative estimate of drug-likeness (QED) is 0.810. The van der Waals surface area contributed by atoms with E-state index in [4.69, 9.17) is 9.47 Å². The highest BCUT2D eigenvalue weighted by Crippen LogP contribution is 2.28. The van der Waals surface area contributed by atoms with Gasteiger partial charge in [0, 0.05) is 31.8 Å². The summed E-state index contributed by atoms with van der Waals surface area (Å²) < 4.78 is 11.6. The molecule has 0 amide bonds. The van der Waals surface area contributed by atoms with Crippen molar-refractivity contribution in [3.8, 4) is 0 Å². The molecule has 3 aliphatic rings. The van der Waals surface area contributed by atoms with Gasteiger partial charge in [0.15, 0.2) is 0 Å². The van der Waals surface area contributed by atoms with Crippen LogP contribution in [-0.4, -0.2) is 63.0 Å². The Bertz CT molecular complexity index is 269. The summed E-state index contributed by atoms with van der Waals surface area (Å²) in [6, 6.07) is 1.20. The van der Waals surface area contributed by atoms with Crippen LogP contribution in [0.2, 0.25) is 0 Å². The van der Waals surface area contributed by atoms with E-state index < -0.39 is 0 Å². The molecule has 0 bridgehead atoms. The van der Waals surface area contributed by atoms with Crippen molar-refractivity contribution in [2.24, 2.45) is 5.92 Å². The first-order chi connectivity index (χ1) is 8.88. The lowest BCUT2D eigenvalue weighted by Gasteiger charge is -2.42. The number of hydrogen-bond donors (Lipinski definition) is 1. The summed E-state index contributed by atoms with van der Waals surface area (Å²) in [6.45, 7) is 5.16. The fourth-order valence-electron chi connectivity index (χ4n) is 3.86. The summed E-state index contributed by atoms with van der Waals surface area (Å²) in [4.78, 5) is 2.64. The summed E-state index contributed by atoms with van der Waals surface area (Å²) in [5.41, 5.74) is 0. The van der Waals surface area contributed by atoms with Crippen LogP contribution >= 0.6 is 0 Å². The third-order valence-electron chi connectivity index (χ3n) is 4.92. The van der Waals surface area contributed by atoms with Crippen LogP contribution in [0.15, 0.2) is 0 Å². The summed E-state index contributed by atoms with van der Waals surface area (Å²) in [7, 11) is 2.08. The zero-order valence-corrected chi connectivity index (χ0v) is 11.4. The van der Waals surface area contributed by atoms with E-state index in [2.05, 4.69) is 17.3 Å². The molecule has 18 heavy (non-hydrogen) atoms. The molecule has 3 heterocycles. The topological polar surface area (TPSA) is 33.7 Å². The maximum absolute atomic E-state index is 6.15. The van der Waals surface area contributed by atoms with E-state index in [1.54, 1.807) is 0 Å². The second kappa shape index (κ2) is 5.87. The number of likely N-dealkylation sites (N-methyl/N-ethyl adjacent to an activating group) is 1. The average Bonchev–Trinajstić information content (AvgIpc) is 2.88. The minimum absolute atomic E-state index is 0.368. The third-order valence-corrected chi connectivity index (χ3v) is 4.92. The summed E-state index contributed by atoms with van der Waals surface area (Å²) in [5.74, 6) is 0.716. The Morgan fingerprint density at radius 3 is 2.83 bits per heavy atom. The van der Waals surface area contributed by atoms with Crippen LogP contribution in [-0.2, 0) is 9.47 Å². The second-order valence-electron chi connectivity index (χ2n) is 5.93. The molecule has 4 heteroatoms. The molecule has 0 radical (unpaired) electrons. The highest BCUT2D eigenvalue weighted by molar-refractivity contribution is 4.92. The van der Waals surface area contributed by atoms with Crippen molar-refractivity contribution < 1.29 is 9.47 Å². The predicted molar refractivity (Wildman–Crippen MR) is 70.7 cm³/mol. The van der Waals surface area contributed by atoms with E-state index in [0.29, 0.717) is 24.1 Å². The molecule has 104 valence electrons. The Morgan fingerprint density at radius 2 is 2.06 bits per heavy atom. The maximum Gasteiger partial charge on any atom is 0.0858 e. The van der Waals surface area contributed by atoms with Crippen LogP contribution in [0.4, 0.5) is 0 Å². The third kappa shape index (κ3) is 2.57. The fraction of sp³-hybridized carbons (Fsp3) is 1.00. The Kier molecular flexibility index (Phi) is 4.19. The summed E-state index contributed by atoms with van der Waals surface area (Å²) in [5, 5.41) is 3.51. The number of nitrogens with zero attached hydrogens (tertiary/aromatic N) is 1. The Hall–Kier alpha value is -0.160. The molecule has 3 unspecified atom stereocenters. The van der Waals surface area contributed by atoms with Gasteiger partial charge >= 0.3 is 0 Å². The van der Waals surface area contributed by atoms with Gasteiger partial charge in [-0.3, -0.25) is 4.90 Å². The number of morpholine rings is 1. The molecule has 3 rings (SSSR count). The SMILES string of the molecule is CNC(C1CCOCC1)C1CN2CCCC2CO1. The summed E-state index contributed by atoms with van der Waals surface area (Å²) in [6.07, 6.45) is 5.40. The van der Waals surface area contributed by atoms with Gasteiger partial charge in [-0.1, -0.05) is 0 Å². The van der Waals surface area contributed by atoms with Gasteiger partial charge in [-0.2, -0.15) is 0 Å². The van der Waals surface area contributed by atoms with Crippen LogP contribution in [0.3, 0.4) is 0 Å². The zero-order valence-electron chi connectivity index (χ0n) is 11.4. The first-order valence-electron chi connectivity index (χ1n) is 7.49. The molecular formula is C14H26N2O2. The number of ether oxygens (including phenoxy) is 2. The Morgan fingerprint density at radius 1 is 1.22 bits per heavy atom. The normalized spacial score (nSPS) is 36.5. The van der Waals surface area contributed by atoms with Crippen molar-refractivity contribution in [2.45, 2.75) is 43.9 Å². The van der Waals surface area contributed by atoms with E-state index >= 15 is 0 Å². The minimum Gasteiger partial charge on any atom is -0.381 e. The van der Waals surface area contributed by atoms with Crippen LogP contribution in [0.25, 0.3) is 0 Å². The van der Waals surface area contributed by atoms with Gasteiger partial charge in [-0.15, -0.1) is 0 Å². The van der Waals surface area contributed by atoms with Crippen molar-refractivity contribution in [2.75, 3.05) is 40.0 Å². The van der Waals surface area contributed by atoms with E-state index in [1.807, 2.05) is 0 Å². The van der Waals surface area contributed by atoms with Gasteiger partial charge in [-0.25, -0.2) is 0 Å². The van der Waals surface area contributed by atoms with Gasteiger partial charge in [-0.05, 0) is 45.2 Å². The van der Waals surface area contributed by atoms with Crippen molar-refractivity contribution >= 4 is 0 Å². The lowest BCUT2D eigenvalue weighted by molar-refractivity contribution is -0.0805. The number of fused-ring (bicyclic) bond motifs is 1. The smallest absolute Gasteiger partial charge is 0.0858 e. The molecule has 3 aliphatic heterocycles. The molecule has 4 nitrogen and oxygen atoms in total. The molecular weight excluding hydrogens is 228 g/mol. The van der Waals surface area contributed by atoms with Gasteiger partial charge < -0.3 is 14.8 Å². The first kappa shape index (κ1) is 12.9. The molecule has 0 aliphatic carbocycles. The van der Waals surface area contributed by atoms with Crippen molar-refractivity contribution in [1.82, 2.24) is 10.2 Å². The lowest BCUT2D eigenvalue weighted by Crippen LogP contribution is -2.56. The molecule has 0 aromatic rings. The highest BCUT2D eigenvalue weighted by atomic mass is 16.5. The van der Waals surface area contributed by atoms with Crippen molar-refractivity contribution in [3.63, 3.8) is 0 Å². The van der Waals surface area contributed by atoms with E-state index in [9.17, 15) is 0 Å². The summed E-state index contributed by atoms with van der Waals surface area (Å²) >= 11 is 0. The second-order valence-corrected chi connectivity index (χ2v) is 5.93. The molecule has 0 saturated carbocycles. The molecule has 0 aromatic carbocycles. The van der Waals surface area contributed by atoms with Crippen molar-refractivity contribution in [1.29, 1.82) is 0 Å². The van der Waals surface area contributed by atoms with Crippen LogP contribution in [0.5, 0.6) is 0 Å². The van der Waals surface area contributed by atoms with Gasteiger partial charge in [0.25, 0.3) is 0 Å². The maximum atomic E-state index is 6.15. The zero-order chi connectivity index (χ0) is 12.4. The lowest BCUT2D eigenvalue weighted by atomic mass is 9.87. The monoisotopic (exact) mass is 254 g/mol. The van der Waals surface area contributed by atoms with Crippen LogP contribution in [0.1, 0.15) is 25.7 Å². The molecule has 3 atom stereocenters. The largest absolute Gasteiger partial charge is 0.381 e. The highest BCUT2D eigenvalue weighted by Gasteiger charge is 2.38. The van der Waals surface area contributed by atoms with E-state index in [-0.39, 0.29) is 0 Å². The van der Waals surface area contributed by atoms with E-state index in [1.165, 1.54) is 32.2 Å². The molecule has 0 aromatic heterocycles. The van der Waals surface area contributed by atoms with Gasteiger partial charge in [0.05, 0.1) is 12.7 Å². The van der Waals surface area contributed by atoms with Gasteiger partial charge in [0.1, 0.15) is 0 Å². The Labute approximate surface area is 110 Å². The number of hydrogen-bond acceptors (Lipinski definition) is 4. The first-order valence-corrected chi connectivity index (χ1v) is 7.49. The number of nitrogens with one attached hydrogen (secondary N) is 1. The average molecular weight is 254 g/mol. The fourth-order valence-corrected chi connectivity index (χ4v) is 3.86. The minimum atomic E-state index is 0.368. The van der Waals surface area contributed by atoms with Crippen LogP contribution in [0, 0.1) is 5.92 Å². The molecule has 3 fully saturated rings. The Balaban J connectivity index is 1.60. The number of rotatable bonds is 3. The van der Waals surface area contributed by atoms with Crippen LogP contribution < -0.4 is 5.32 Å².